The maximum absolute atomic E-state index is 12.6. The second kappa shape index (κ2) is 5.39. The summed E-state index contributed by atoms with van der Waals surface area (Å²) >= 11 is 0. The van der Waals surface area contributed by atoms with Crippen LogP contribution in [-0.4, -0.2) is 23.9 Å². The predicted molar refractivity (Wildman–Crippen MR) is 88.9 cm³/mol. The number of hydrogen-bond acceptors (Lipinski definition) is 3. The minimum Gasteiger partial charge on any atom is -0.399 e. The maximum Gasteiger partial charge on any atom is 0.253 e. The van der Waals surface area contributed by atoms with Crippen LogP contribution in [0, 0.1) is 0 Å². The standard InChI is InChI=1S/C19H20N2O2/c20-16-6-3-5-14(12-16)18(22)21-10-8-19(9-11-21)17-7-2-1-4-15(17)13-23-19/h1-7,12H,8-11,13,20H2. The first-order chi connectivity index (χ1) is 11.2. The van der Waals surface area contributed by atoms with E-state index in [9.17, 15) is 4.79 Å². The minimum atomic E-state index is -0.205. The SMILES string of the molecule is Nc1cccc(C(=O)N2CCC3(CC2)OCc2ccccc23)c1. The van der Waals surface area contributed by atoms with Crippen LogP contribution in [0.5, 0.6) is 0 Å². The van der Waals surface area contributed by atoms with Crippen molar-refractivity contribution in [1.29, 1.82) is 0 Å². The number of ether oxygens (including phenoxy) is 1. The van der Waals surface area contributed by atoms with Crippen molar-refractivity contribution in [3.05, 3.63) is 65.2 Å². The molecule has 0 aliphatic carbocycles. The molecular weight excluding hydrogens is 288 g/mol. The molecule has 1 spiro atoms. The van der Waals surface area contributed by atoms with Crippen LogP contribution in [0.1, 0.15) is 34.3 Å². The van der Waals surface area contributed by atoms with Gasteiger partial charge in [0.25, 0.3) is 5.91 Å². The third-order valence-corrected chi connectivity index (χ3v) is 5.00. The van der Waals surface area contributed by atoms with Gasteiger partial charge in [-0.3, -0.25) is 4.79 Å². The van der Waals surface area contributed by atoms with Crippen LogP contribution in [0.4, 0.5) is 5.69 Å². The van der Waals surface area contributed by atoms with Crippen LogP contribution in [-0.2, 0) is 16.9 Å². The largest absolute Gasteiger partial charge is 0.399 e. The van der Waals surface area contributed by atoms with Gasteiger partial charge in [0.15, 0.2) is 0 Å². The molecule has 1 saturated heterocycles. The van der Waals surface area contributed by atoms with Gasteiger partial charge in [0.2, 0.25) is 0 Å². The molecule has 118 valence electrons. The molecule has 2 aromatic rings. The second-order valence-corrected chi connectivity index (χ2v) is 6.36. The van der Waals surface area contributed by atoms with E-state index >= 15 is 0 Å². The van der Waals surface area contributed by atoms with Crippen molar-refractivity contribution in [2.75, 3.05) is 18.8 Å². The lowest BCUT2D eigenvalue weighted by molar-refractivity contribution is -0.0741. The van der Waals surface area contributed by atoms with Crippen molar-refractivity contribution in [1.82, 2.24) is 4.90 Å². The Hall–Kier alpha value is -2.33. The molecule has 0 aromatic heterocycles. The summed E-state index contributed by atoms with van der Waals surface area (Å²) < 4.78 is 6.15. The fraction of sp³-hybridized carbons (Fsp3) is 0.316. The molecule has 23 heavy (non-hydrogen) atoms. The Morgan fingerprint density at radius 3 is 2.65 bits per heavy atom. The molecule has 4 rings (SSSR count). The molecule has 0 saturated carbocycles. The Bertz CT molecular complexity index is 749. The normalized spacial score (nSPS) is 18.9. The van der Waals surface area contributed by atoms with Gasteiger partial charge < -0.3 is 15.4 Å². The first-order valence-corrected chi connectivity index (χ1v) is 8.05. The highest BCUT2D eigenvalue weighted by atomic mass is 16.5. The Morgan fingerprint density at radius 2 is 1.87 bits per heavy atom. The van der Waals surface area contributed by atoms with Crippen LogP contribution in [0.25, 0.3) is 0 Å². The molecule has 1 amide bonds. The summed E-state index contributed by atoms with van der Waals surface area (Å²) in [6.45, 7) is 2.10. The van der Waals surface area contributed by atoms with Crippen molar-refractivity contribution in [3.8, 4) is 0 Å². The van der Waals surface area contributed by atoms with Crippen LogP contribution < -0.4 is 5.73 Å². The quantitative estimate of drug-likeness (QED) is 0.824. The summed E-state index contributed by atoms with van der Waals surface area (Å²) in [5.41, 5.74) is 9.44. The number of carbonyl (C=O) groups excluding carboxylic acids is 1. The van der Waals surface area contributed by atoms with Gasteiger partial charge in [0.05, 0.1) is 12.2 Å². The number of nitrogens with two attached hydrogens (primary N) is 1. The molecule has 4 nitrogen and oxygen atoms in total. The number of amides is 1. The highest BCUT2D eigenvalue weighted by Crippen LogP contribution is 2.44. The fourth-order valence-electron chi connectivity index (χ4n) is 3.72. The van der Waals surface area contributed by atoms with Gasteiger partial charge in [-0.15, -0.1) is 0 Å². The molecule has 0 radical (unpaired) electrons. The zero-order chi connectivity index (χ0) is 15.9. The minimum absolute atomic E-state index is 0.0541. The van der Waals surface area contributed by atoms with Gasteiger partial charge >= 0.3 is 0 Å². The van der Waals surface area contributed by atoms with Crippen LogP contribution in [0.3, 0.4) is 0 Å². The number of nitrogens with zero attached hydrogens (tertiary/aromatic N) is 1. The number of fused-ring (bicyclic) bond motifs is 2. The lowest BCUT2D eigenvalue weighted by Crippen LogP contribution is -2.45. The van der Waals surface area contributed by atoms with E-state index in [1.165, 1.54) is 11.1 Å². The lowest BCUT2D eigenvalue weighted by Gasteiger charge is -2.39. The van der Waals surface area contributed by atoms with E-state index in [4.69, 9.17) is 10.5 Å². The average molecular weight is 308 g/mol. The Morgan fingerprint density at radius 1 is 1.09 bits per heavy atom. The molecule has 2 N–H and O–H groups in total. The highest BCUT2D eigenvalue weighted by Gasteiger charge is 2.43. The molecule has 2 aliphatic heterocycles. The van der Waals surface area contributed by atoms with Crippen molar-refractivity contribution < 1.29 is 9.53 Å². The number of nitrogen functional groups attached to an aromatic ring is 1. The zero-order valence-corrected chi connectivity index (χ0v) is 13.0. The molecule has 0 atom stereocenters. The fourth-order valence-corrected chi connectivity index (χ4v) is 3.72. The van der Waals surface area contributed by atoms with Gasteiger partial charge in [0, 0.05) is 24.3 Å². The van der Waals surface area contributed by atoms with E-state index in [1.54, 1.807) is 12.1 Å². The van der Waals surface area contributed by atoms with Gasteiger partial charge in [-0.1, -0.05) is 30.3 Å². The van der Waals surface area contributed by atoms with E-state index < -0.39 is 0 Å². The molecular formula is C19H20N2O2. The van der Waals surface area contributed by atoms with E-state index in [-0.39, 0.29) is 11.5 Å². The Balaban J connectivity index is 1.51. The molecule has 2 heterocycles. The topological polar surface area (TPSA) is 55.6 Å². The molecule has 1 fully saturated rings. The first-order valence-electron chi connectivity index (χ1n) is 8.05. The molecule has 4 heteroatoms. The molecule has 0 bridgehead atoms. The molecule has 2 aromatic carbocycles. The lowest BCUT2D eigenvalue weighted by atomic mass is 9.83. The van der Waals surface area contributed by atoms with Crippen molar-refractivity contribution >= 4 is 11.6 Å². The van der Waals surface area contributed by atoms with Gasteiger partial charge in [-0.05, 0) is 42.2 Å². The van der Waals surface area contributed by atoms with Gasteiger partial charge in [-0.25, -0.2) is 0 Å². The summed E-state index contributed by atoms with van der Waals surface area (Å²) in [7, 11) is 0. The summed E-state index contributed by atoms with van der Waals surface area (Å²) in [6.07, 6.45) is 1.69. The number of likely N-dealkylation sites (tertiary alicyclic amines) is 1. The maximum atomic E-state index is 12.6. The number of hydrogen-bond donors (Lipinski definition) is 1. The Labute approximate surface area is 135 Å². The van der Waals surface area contributed by atoms with Crippen molar-refractivity contribution in [3.63, 3.8) is 0 Å². The van der Waals surface area contributed by atoms with E-state index in [2.05, 4.69) is 24.3 Å². The molecule has 2 aliphatic rings. The smallest absolute Gasteiger partial charge is 0.253 e. The number of carbonyl (C=O) groups is 1. The summed E-state index contributed by atoms with van der Waals surface area (Å²) in [6, 6.07) is 15.6. The predicted octanol–water partition coefficient (Wildman–Crippen LogP) is 2.93. The monoisotopic (exact) mass is 308 g/mol. The second-order valence-electron chi connectivity index (χ2n) is 6.36. The van der Waals surface area contributed by atoms with Crippen LogP contribution >= 0.6 is 0 Å². The summed E-state index contributed by atoms with van der Waals surface area (Å²) in [5.74, 6) is 0.0541. The highest BCUT2D eigenvalue weighted by molar-refractivity contribution is 5.95. The third-order valence-electron chi connectivity index (χ3n) is 5.00. The van der Waals surface area contributed by atoms with E-state index in [1.807, 2.05) is 17.0 Å². The summed E-state index contributed by atoms with van der Waals surface area (Å²) in [4.78, 5) is 14.5. The number of anilines is 1. The van der Waals surface area contributed by atoms with Gasteiger partial charge in [0.1, 0.15) is 0 Å². The first kappa shape index (κ1) is 14.3. The summed E-state index contributed by atoms with van der Waals surface area (Å²) in [5, 5.41) is 0. The molecule has 0 unspecified atom stereocenters. The number of piperidine rings is 1. The van der Waals surface area contributed by atoms with Crippen molar-refractivity contribution in [2.24, 2.45) is 0 Å². The van der Waals surface area contributed by atoms with Crippen LogP contribution in [0.15, 0.2) is 48.5 Å². The van der Waals surface area contributed by atoms with Crippen LogP contribution in [0.2, 0.25) is 0 Å². The third kappa shape index (κ3) is 2.39. The number of rotatable bonds is 1. The zero-order valence-electron chi connectivity index (χ0n) is 13.0. The Kier molecular flexibility index (Phi) is 3.34. The average Bonchev–Trinajstić information content (AvgIpc) is 2.94. The van der Waals surface area contributed by atoms with Gasteiger partial charge in [-0.2, -0.15) is 0 Å². The van der Waals surface area contributed by atoms with E-state index in [0.717, 1.165) is 12.8 Å². The van der Waals surface area contributed by atoms with Crippen molar-refractivity contribution in [2.45, 2.75) is 25.0 Å². The van der Waals surface area contributed by atoms with E-state index in [0.29, 0.717) is 30.9 Å². The number of benzene rings is 2.